The van der Waals surface area contributed by atoms with Crippen LogP contribution in [0.2, 0.25) is 51.9 Å². The van der Waals surface area contributed by atoms with E-state index in [1.54, 1.807) is 0 Å². The summed E-state index contributed by atoms with van der Waals surface area (Å²) in [5.74, 6) is 0. The van der Waals surface area contributed by atoms with Crippen LogP contribution in [-0.4, -0.2) is 42.7 Å². The van der Waals surface area contributed by atoms with Gasteiger partial charge in [0.05, 0.1) is 16.1 Å². The fraction of sp³-hybridized carbons (Fsp3) is 1.00. The van der Waals surface area contributed by atoms with E-state index in [0.717, 1.165) is 25.6 Å². The number of hydrogen-bond acceptors (Lipinski definition) is 3. The summed E-state index contributed by atoms with van der Waals surface area (Å²) in [6, 6.07) is 1.00. The second kappa shape index (κ2) is 7.19. The van der Waals surface area contributed by atoms with Gasteiger partial charge in [0.2, 0.25) is 0 Å². The van der Waals surface area contributed by atoms with Crippen LogP contribution in [0, 0.1) is 0 Å². The van der Waals surface area contributed by atoms with E-state index in [1.807, 2.05) is 0 Å². The standard InChI is InChI=1S/C14H37NO2Si3/c1-10-16-20(9,13-11-12-15)17-14(2,18(3,4)5)19(6,7)8/h10-13,15H2,1-9H3. The maximum Gasteiger partial charge on any atom is 0.334 e. The normalized spacial score (nSPS) is 17.1. The Morgan fingerprint density at radius 1 is 0.950 bits per heavy atom. The molecule has 0 radical (unpaired) electrons. The van der Waals surface area contributed by atoms with Crippen LogP contribution in [0.3, 0.4) is 0 Å². The van der Waals surface area contributed by atoms with Crippen LogP contribution in [0.1, 0.15) is 20.3 Å². The second-order valence-corrected chi connectivity index (χ2v) is 22.8. The van der Waals surface area contributed by atoms with Gasteiger partial charge < -0.3 is 14.6 Å². The number of nitrogens with two attached hydrogens (primary N) is 1. The van der Waals surface area contributed by atoms with Crippen LogP contribution in [0.25, 0.3) is 0 Å². The summed E-state index contributed by atoms with van der Waals surface area (Å²) < 4.78 is 13.0. The Bertz CT molecular complexity index is 286. The highest BCUT2D eigenvalue weighted by atomic mass is 28.4. The molecule has 0 aromatic rings. The third-order valence-electron chi connectivity index (χ3n) is 4.57. The van der Waals surface area contributed by atoms with Crippen molar-refractivity contribution in [3.05, 3.63) is 0 Å². The molecule has 1 unspecified atom stereocenters. The zero-order valence-corrected chi connectivity index (χ0v) is 18.2. The molecule has 3 nitrogen and oxygen atoms in total. The van der Waals surface area contributed by atoms with Crippen molar-refractivity contribution in [3.8, 4) is 0 Å². The van der Waals surface area contributed by atoms with Gasteiger partial charge in [0.25, 0.3) is 0 Å². The predicted molar refractivity (Wildman–Crippen MR) is 97.9 cm³/mol. The topological polar surface area (TPSA) is 44.5 Å². The molecule has 0 bridgehead atoms. The van der Waals surface area contributed by atoms with Crippen molar-refractivity contribution in [2.45, 2.75) is 77.0 Å². The van der Waals surface area contributed by atoms with E-state index in [1.165, 1.54) is 0 Å². The average molecular weight is 336 g/mol. The Morgan fingerprint density at radius 2 is 1.40 bits per heavy atom. The Labute approximate surface area is 129 Å². The van der Waals surface area contributed by atoms with E-state index < -0.39 is 24.7 Å². The minimum Gasteiger partial charge on any atom is -0.395 e. The number of hydrogen-bond donors (Lipinski definition) is 1. The molecular weight excluding hydrogens is 298 g/mol. The van der Waals surface area contributed by atoms with Crippen LogP contribution >= 0.6 is 0 Å². The Kier molecular flexibility index (Phi) is 7.39. The van der Waals surface area contributed by atoms with Gasteiger partial charge in [-0.05, 0) is 39.4 Å². The van der Waals surface area contributed by atoms with E-state index in [2.05, 4.69) is 59.7 Å². The molecule has 1 atom stereocenters. The van der Waals surface area contributed by atoms with Gasteiger partial charge in [-0.25, -0.2) is 0 Å². The van der Waals surface area contributed by atoms with E-state index in [0.29, 0.717) is 0 Å². The minimum absolute atomic E-state index is 0.0325. The zero-order chi connectivity index (χ0) is 16.2. The quantitative estimate of drug-likeness (QED) is 0.648. The third-order valence-corrected chi connectivity index (χ3v) is 18.4. The Balaban J connectivity index is 5.41. The fourth-order valence-corrected chi connectivity index (χ4v) is 18.1. The van der Waals surface area contributed by atoms with Crippen LogP contribution < -0.4 is 5.73 Å². The van der Waals surface area contributed by atoms with E-state index in [-0.39, 0.29) is 4.85 Å². The number of rotatable bonds is 9. The summed E-state index contributed by atoms with van der Waals surface area (Å²) >= 11 is 0. The molecule has 0 aromatic heterocycles. The molecule has 0 rings (SSSR count). The molecule has 122 valence electrons. The molecular formula is C14H37NO2Si3. The van der Waals surface area contributed by atoms with Gasteiger partial charge in [0.1, 0.15) is 0 Å². The summed E-state index contributed by atoms with van der Waals surface area (Å²) in [5.41, 5.74) is 5.70. The van der Waals surface area contributed by atoms with Crippen molar-refractivity contribution in [2.24, 2.45) is 5.73 Å². The molecule has 0 aromatic carbocycles. The first-order valence-electron chi connectivity index (χ1n) is 7.87. The first-order chi connectivity index (χ1) is 8.83. The van der Waals surface area contributed by atoms with E-state index in [9.17, 15) is 0 Å². The highest BCUT2D eigenvalue weighted by Gasteiger charge is 2.54. The second-order valence-electron chi connectivity index (χ2n) is 8.09. The van der Waals surface area contributed by atoms with Gasteiger partial charge in [-0.2, -0.15) is 0 Å². The molecule has 6 heteroatoms. The zero-order valence-electron chi connectivity index (χ0n) is 15.2. The maximum absolute atomic E-state index is 6.88. The Hall–Kier alpha value is 0.531. The van der Waals surface area contributed by atoms with Crippen molar-refractivity contribution in [2.75, 3.05) is 13.2 Å². The van der Waals surface area contributed by atoms with Crippen molar-refractivity contribution >= 4 is 24.7 Å². The highest BCUT2D eigenvalue weighted by molar-refractivity contribution is 6.99. The van der Waals surface area contributed by atoms with Crippen molar-refractivity contribution in [1.29, 1.82) is 0 Å². The van der Waals surface area contributed by atoms with Crippen LogP contribution in [-0.2, 0) is 8.85 Å². The molecule has 0 fully saturated rings. The van der Waals surface area contributed by atoms with E-state index in [4.69, 9.17) is 14.6 Å². The van der Waals surface area contributed by atoms with Crippen LogP contribution in [0.15, 0.2) is 0 Å². The van der Waals surface area contributed by atoms with Gasteiger partial charge in [-0.15, -0.1) is 0 Å². The molecule has 0 spiro atoms. The average Bonchev–Trinajstić information content (AvgIpc) is 2.23. The largest absolute Gasteiger partial charge is 0.395 e. The molecule has 0 aliphatic carbocycles. The van der Waals surface area contributed by atoms with Crippen molar-refractivity contribution < 1.29 is 8.85 Å². The van der Waals surface area contributed by atoms with Crippen LogP contribution in [0.4, 0.5) is 0 Å². The summed E-state index contributed by atoms with van der Waals surface area (Å²) in [7, 11) is -5.06. The summed E-state index contributed by atoms with van der Waals surface area (Å²) in [4.78, 5) is 0.0325. The monoisotopic (exact) mass is 335 g/mol. The first kappa shape index (κ1) is 20.5. The lowest BCUT2D eigenvalue weighted by atomic mass is 10.5. The molecule has 0 saturated carbocycles. The molecule has 0 aliphatic rings. The lowest BCUT2D eigenvalue weighted by Gasteiger charge is -2.52. The molecule has 0 aliphatic heterocycles. The van der Waals surface area contributed by atoms with Crippen molar-refractivity contribution in [3.63, 3.8) is 0 Å². The van der Waals surface area contributed by atoms with Gasteiger partial charge in [-0.1, -0.05) is 39.3 Å². The SMILES string of the molecule is CCO[Si](C)(CCCN)OC(C)([Si](C)(C)C)[Si](C)(C)C. The maximum atomic E-state index is 6.88. The Morgan fingerprint density at radius 3 is 1.70 bits per heavy atom. The lowest BCUT2D eigenvalue weighted by molar-refractivity contribution is 0.137. The first-order valence-corrected chi connectivity index (χ1v) is 17.4. The van der Waals surface area contributed by atoms with Gasteiger partial charge in [0.15, 0.2) is 0 Å². The molecule has 20 heavy (non-hydrogen) atoms. The highest BCUT2D eigenvalue weighted by Crippen LogP contribution is 2.38. The van der Waals surface area contributed by atoms with E-state index >= 15 is 0 Å². The molecule has 0 heterocycles. The molecule has 0 amide bonds. The van der Waals surface area contributed by atoms with Crippen molar-refractivity contribution in [1.82, 2.24) is 0 Å². The summed E-state index contributed by atoms with van der Waals surface area (Å²) in [5, 5.41) is 0. The smallest absolute Gasteiger partial charge is 0.334 e. The summed E-state index contributed by atoms with van der Waals surface area (Å²) in [6.45, 7) is 22.7. The fourth-order valence-electron chi connectivity index (χ4n) is 2.74. The molecule has 2 N–H and O–H groups in total. The van der Waals surface area contributed by atoms with Gasteiger partial charge in [0, 0.05) is 11.5 Å². The third kappa shape index (κ3) is 5.07. The van der Waals surface area contributed by atoms with Crippen LogP contribution in [0.5, 0.6) is 0 Å². The minimum atomic E-state index is -2.14. The van der Waals surface area contributed by atoms with Gasteiger partial charge in [-0.3, -0.25) is 0 Å². The van der Waals surface area contributed by atoms with Gasteiger partial charge >= 0.3 is 8.56 Å². The lowest BCUT2D eigenvalue weighted by Crippen LogP contribution is -2.69. The predicted octanol–water partition coefficient (Wildman–Crippen LogP) is 3.97. The molecule has 0 saturated heterocycles. The summed E-state index contributed by atoms with van der Waals surface area (Å²) in [6.07, 6.45) is 0.996.